The lowest BCUT2D eigenvalue weighted by molar-refractivity contribution is -0.143. The summed E-state index contributed by atoms with van der Waals surface area (Å²) < 4.78 is 50.2. The molecule has 140 valence electrons. The number of hydrogen-bond donors (Lipinski definition) is 1. The molecule has 0 amide bonds. The van der Waals surface area contributed by atoms with Gasteiger partial charge in [0, 0.05) is 0 Å². The van der Waals surface area contributed by atoms with Crippen molar-refractivity contribution in [2.24, 2.45) is 0 Å². The monoisotopic (exact) mass is 381 g/mol. The number of carbonyl (C=O) groups excluding carboxylic acids is 1. The second-order valence-corrected chi connectivity index (χ2v) is 7.46. The molecule has 8 heteroatoms. The van der Waals surface area contributed by atoms with Crippen LogP contribution in [0.4, 0.5) is 4.39 Å². The molecule has 0 saturated heterocycles. The van der Waals surface area contributed by atoms with E-state index in [1.807, 2.05) is 0 Å². The van der Waals surface area contributed by atoms with Crippen LogP contribution in [0.1, 0.15) is 16.7 Å². The molecular weight excluding hydrogens is 361 g/mol. The molecule has 0 aromatic heterocycles. The molecule has 6 nitrogen and oxygen atoms in total. The lowest BCUT2D eigenvalue weighted by atomic mass is 10.2. The molecule has 2 rings (SSSR count). The second-order valence-electron chi connectivity index (χ2n) is 5.72. The summed E-state index contributed by atoms with van der Waals surface area (Å²) in [5.74, 6) is -1.26. The third kappa shape index (κ3) is 5.03. The fourth-order valence-electron chi connectivity index (χ4n) is 2.24. The normalized spacial score (nSPS) is 11.2. The van der Waals surface area contributed by atoms with Crippen LogP contribution in [0.2, 0.25) is 0 Å². The van der Waals surface area contributed by atoms with Gasteiger partial charge in [0.15, 0.2) is 11.6 Å². The minimum absolute atomic E-state index is 0.0846. The van der Waals surface area contributed by atoms with Crippen LogP contribution in [-0.4, -0.2) is 28.0 Å². The van der Waals surface area contributed by atoms with E-state index < -0.39 is 28.4 Å². The van der Waals surface area contributed by atoms with E-state index in [2.05, 4.69) is 4.72 Å². The molecule has 2 aromatic carbocycles. The number of methoxy groups -OCH3 is 1. The van der Waals surface area contributed by atoms with Gasteiger partial charge < -0.3 is 9.47 Å². The summed E-state index contributed by atoms with van der Waals surface area (Å²) in [6, 6.07) is 9.18. The largest absolute Gasteiger partial charge is 0.494 e. The van der Waals surface area contributed by atoms with Gasteiger partial charge in [-0.15, -0.1) is 0 Å². The zero-order valence-electron chi connectivity index (χ0n) is 14.7. The Balaban J connectivity index is 1.94. The van der Waals surface area contributed by atoms with Gasteiger partial charge in [0.1, 0.15) is 13.2 Å². The van der Waals surface area contributed by atoms with Gasteiger partial charge in [-0.3, -0.25) is 4.79 Å². The third-order valence-corrected chi connectivity index (χ3v) is 5.20. The number of halogens is 1. The number of nitrogens with one attached hydrogen (secondary N) is 1. The van der Waals surface area contributed by atoms with E-state index in [-0.39, 0.29) is 17.3 Å². The highest BCUT2D eigenvalue weighted by Crippen LogP contribution is 2.18. The molecule has 0 aliphatic carbocycles. The predicted molar refractivity (Wildman–Crippen MR) is 93.9 cm³/mol. The number of sulfonamides is 1. The van der Waals surface area contributed by atoms with Crippen molar-refractivity contribution in [2.75, 3.05) is 13.7 Å². The number of rotatable bonds is 7. The van der Waals surface area contributed by atoms with Gasteiger partial charge in [0.25, 0.3) is 0 Å². The molecule has 0 aliphatic rings. The Bertz CT molecular complexity index is 912. The quantitative estimate of drug-likeness (QED) is 0.745. The maximum atomic E-state index is 13.6. The SMILES string of the molecule is COc1ccc(COC(=O)CNS(=O)(=O)c2cc(C)ccc2C)cc1F. The molecular formula is C18H20FNO5S. The van der Waals surface area contributed by atoms with Gasteiger partial charge in [-0.2, -0.15) is 4.72 Å². The van der Waals surface area contributed by atoms with Crippen LogP contribution in [0.5, 0.6) is 5.75 Å². The molecule has 0 bridgehead atoms. The Labute approximate surface area is 152 Å². The summed E-state index contributed by atoms with van der Waals surface area (Å²) in [5, 5.41) is 0. The summed E-state index contributed by atoms with van der Waals surface area (Å²) in [7, 11) is -2.49. The van der Waals surface area contributed by atoms with E-state index in [9.17, 15) is 17.6 Å². The molecule has 0 unspecified atom stereocenters. The Morgan fingerprint density at radius 1 is 1.15 bits per heavy atom. The molecule has 2 aromatic rings. The standard InChI is InChI=1S/C18H20FNO5S/c1-12-4-5-13(2)17(8-12)26(22,23)20-10-18(21)25-11-14-6-7-16(24-3)15(19)9-14/h4-9,20H,10-11H2,1-3H3. The summed E-state index contributed by atoms with van der Waals surface area (Å²) in [5.41, 5.74) is 1.79. The first kappa shape index (κ1) is 19.9. The minimum atomic E-state index is -3.83. The van der Waals surface area contributed by atoms with Crippen LogP contribution >= 0.6 is 0 Å². The maximum Gasteiger partial charge on any atom is 0.321 e. The van der Waals surface area contributed by atoms with E-state index in [0.29, 0.717) is 11.1 Å². The lowest BCUT2D eigenvalue weighted by Gasteiger charge is -2.10. The van der Waals surface area contributed by atoms with Crippen LogP contribution in [0.3, 0.4) is 0 Å². The number of esters is 1. The summed E-state index contributed by atoms with van der Waals surface area (Å²) in [6.45, 7) is 2.75. The number of benzene rings is 2. The van der Waals surface area contributed by atoms with Gasteiger partial charge in [-0.25, -0.2) is 12.8 Å². The molecule has 0 saturated carbocycles. The van der Waals surface area contributed by atoms with Crippen LogP contribution in [0.25, 0.3) is 0 Å². The van der Waals surface area contributed by atoms with E-state index in [1.165, 1.54) is 25.3 Å². The smallest absolute Gasteiger partial charge is 0.321 e. The van der Waals surface area contributed by atoms with Crippen molar-refractivity contribution in [3.8, 4) is 5.75 Å². The number of ether oxygens (including phenoxy) is 2. The molecule has 26 heavy (non-hydrogen) atoms. The highest BCUT2D eigenvalue weighted by atomic mass is 32.2. The zero-order valence-corrected chi connectivity index (χ0v) is 15.5. The molecule has 0 fully saturated rings. The van der Waals surface area contributed by atoms with Gasteiger partial charge in [-0.05, 0) is 48.7 Å². The van der Waals surface area contributed by atoms with Gasteiger partial charge in [0.2, 0.25) is 10.0 Å². The summed E-state index contributed by atoms with van der Waals surface area (Å²) in [4.78, 5) is 11.9. The van der Waals surface area contributed by atoms with Crippen LogP contribution in [-0.2, 0) is 26.2 Å². The average Bonchev–Trinajstić information content (AvgIpc) is 2.60. The van der Waals surface area contributed by atoms with Crippen molar-refractivity contribution in [3.05, 3.63) is 58.9 Å². The van der Waals surface area contributed by atoms with Crippen molar-refractivity contribution in [2.45, 2.75) is 25.3 Å². The highest BCUT2D eigenvalue weighted by molar-refractivity contribution is 7.89. The van der Waals surface area contributed by atoms with Gasteiger partial charge >= 0.3 is 5.97 Å². The first-order valence-corrected chi connectivity index (χ1v) is 9.26. The van der Waals surface area contributed by atoms with Gasteiger partial charge in [-0.1, -0.05) is 18.2 Å². The van der Waals surface area contributed by atoms with Crippen molar-refractivity contribution in [1.29, 1.82) is 0 Å². The van der Waals surface area contributed by atoms with E-state index >= 15 is 0 Å². The number of aryl methyl sites for hydroxylation is 2. The topological polar surface area (TPSA) is 81.7 Å². The van der Waals surface area contributed by atoms with E-state index in [0.717, 1.165) is 5.56 Å². The zero-order chi connectivity index (χ0) is 19.3. The van der Waals surface area contributed by atoms with Crippen LogP contribution in [0.15, 0.2) is 41.3 Å². The fraction of sp³-hybridized carbons (Fsp3) is 0.278. The molecule has 1 N–H and O–H groups in total. The molecule has 0 atom stereocenters. The Morgan fingerprint density at radius 2 is 1.88 bits per heavy atom. The molecule has 0 radical (unpaired) electrons. The lowest BCUT2D eigenvalue weighted by Crippen LogP contribution is -2.31. The summed E-state index contributed by atoms with van der Waals surface area (Å²) in [6.07, 6.45) is 0. The second kappa shape index (κ2) is 8.29. The van der Waals surface area contributed by atoms with E-state index in [1.54, 1.807) is 32.0 Å². The van der Waals surface area contributed by atoms with E-state index in [4.69, 9.17) is 9.47 Å². The van der Waals surface area contributed by atoms with Crippen molar-refractivity contribution in [1.82, 2.24) is 4.72 Å². The van der Waals surface area contributed by atoms with Crippen LogP contribution in [0, 0.1) is 19.7 Å². The van der Waals surface area contributed by atoms with Crippen molar-refractivity contribution < 1.29 is 27.1 Å². The fourth-order valence-corrected chi connectivity index (χ4v) is 3.54. The van der Waals surface area contributed by atoms with Crippen LogP contribution < -0.4 is 9.46 Å². The molecule has 0 aliphatic heterocycles. The summed E-state index contributed by atoms with van der Waals surface area (Å²) >= 11 is 0. The number of hydrogen-bond acceptors (Lipinski definition) is 5. The predicted octanol–water partition coefficient (Wildman–Crippen LogP) is 2.47. The van der Waals surface area contributed by atoms with Crippen molar-refractivity contribution in [3.63, 3.8) is 0 Å². The molecule has 0 heterocycles. The molecule has 0 spiro atoms. The first-order chi connectivity index (χ1) is 12.2. The first-order valence-electron chi connectivity index (χ1n) is 7.78. The third-order valence-electron chi connectivity index (χ3n) is 3.66. The Hall–Kier alpha value is -2.45. The Kier molecular flexibility index (Phi) is 6.33. The average molecular weight is 381 g/mol. The van der Waals surface area contributed by atoms with Gasteiger partial charge in [0.05, 0.1) is 12.0 Å². The highest BCUT2D eigenvalue weighted by Gasteiger charge is 2.18. The number of carbonyl (C=O) groups is 1. The minimum Gasteiger partial charge on any atom is -0.494 e. The Morgan fingerprint density at radius 3 is 2.54 bits per heavy atom. The maximum absolute atomic E-state index is 13.6. The van der Waals surface area contributed by atoms with Crippen molar-refractivity contribution >= 4 is 16.0 Å².